The van der Waals surface area contributed by atoms with Crippen LogP contribution in [0.5, 0.6) is 0 Å². The van der Waals surface area contributed by atoms with E-state index in [4.69, 9.17) is 5.73 Å². The van der Waals surface area contributed by atoms with Crippen molar-refractivity contribution in [1.29, 1.82) is 0 Å². The summed E-state index contributed by atoms with van der Waals surface area (Å²) in [6.45, 7) is 6.41. The van der Waals surface area contributed by atoms with E-state index in [9.17, 15) is 9.59 Å². The number of urea groups is 1. The molecule has 2 heterocycles. The highest BCUT2D eigenvalue weighted by atomic mass is 35.5. The van der Waals surface area contributed by atoms with Gasteiger partial charge in [-0.25, -0.2) is 4.79 Å². The second-order valence-electron chi connectivity index (χ2n) is 6.32. The van der Waals surface area contributed by atoms with Gasteiger partial charge in [0.1, 0.15) is 0 Å². The van der Waals surface area contributed by atoms with Gasteiger partial charge in [0.05, 0.1) is 0 Å². The van der Waals surface area contributed by atoms with Crippen LogP contribution in [0.15, 0.2) is 0 Å². The summed E-state index contributed by atoms with van der Waals surface area (Å²) < 4.78 is 0. The lowest BCUT2D eigenvalue weighted by molar-refractivity contribution is -0.126. The molecule has 2 rings (SSSR count). The molecule has 1 atom stereocenters. The van der Waals surface area contributed by atoms with Crippen LogP contribution in [-0.4, -0.2) is 61.0 Å². The fourth-order valence-corrected chi connectivity index (χ4v) is 2.94. The lowest BCUT2D eigenvalue weighted by atomic mass is 9.96. The molecule has 0 spiro atoms. The number of carbonyl (C=O) groups is 2. The first-order valence-electron chi connectivity index (χ1n) is 8.13. The summed E-state index contributed by atoms with van der Waals surface area (Å²) in [5, 5.41) is 2.97. The largest absolute Gasteiger partial charge is 0.356 e. The minimum atomic E-state index is 0. The second-order valence-corrected chi connectivity index (χ2v) is 6.32. The van der Waals surface area contributed by atoms with Crippen molar-refractivity contribution in [2.24, 2.45) is 17.6 Å². The lowest BCUT2D eigenvalue weighted by Gasteiger charge is -2.34. The van der Waals surface area contributed by atoms with Crippen LogP contribution in [0.1, 0.15) is 32.6 Å². The zero-order valence-electron chi connectivity index (χ0n) is 13.4. The zero-order chi connectivity index (χ0) is 15.2. The molecule has 22 heavy (non-hydrogen) atoms. The molecule has 0 aromatic rings. The molecular weight excluding hydrogens is 304 g/mol. The lowest BCUT2D eigenvalue weighted by Crippen LogP contribution is -2.48. The number of piperidine rings is 1. The van der Waals surface area contributed by atoms with Gasteiger partial charge in [-0.2, -0.15) is 0 Å². The smallest absolute Gasteiger partial charge is 0.319 e. The minimum Gasteiger partial charge on any atom is -0.356 e. The van der Waals surface area contributed by atoms with Gasteiger partial charge >= 0.3 is 6.03 Å². The molecule has 0 bridgehead atoms. The number of likely N-dealkylation sites (tertiary alicyclic amines) is 2. The minimum absolute atomic E-state index is 0. The van der Waals surface area contributed by atoms with Gasteiger partial charge in [0.25, 0.3) is 0 Å². The van der Waals surface area contributed by atoms with Crippen molar-refractivity contribution >= 4 is 24.3 Å². The molecule has 2 saturated heterocycles. The number of hydrogen-bond acceptors (Lipinski definition) is 3. The Kier molecular flexibility index (Phi) is 7.96. The molecule has 2 aliphatic rings. The molecule has 0 aromatic heterocycles. The van der Waals surface area contributed by atoms with Gasteiger partial charge in [0.15, 0.2) is 0 Å². The molecule has 3 N–H and O–H groups in total. The summed E-state index contributed by atoms with van der Waals surface area (Å²) >= 11 is 0. The van der Waals surface area contributed by atoms with Crippen LogP contribution in [0.2, 0.25) is 0 Å². The summed E-state index contributed by atoms with van der Waals surface area (Å²) in [7, 11) is 0. The molecule has 7 heteroatoms. The predicted molar refractivity (Wildman–Crippen MR) is 89.0 cm³/mol. The van der Waals surface area contributed by atoms with E-state index in [0.29, 0.717) is 32.1 Å². The molecule has 6 nitrogen and oxygen atoms in total. The first-order chi connectivity index (χ1) is 10.1. The molecular formula is C15H29ClN4O2. The van der Waals surface area contributed by atoms with Crippen molar-refractivity contribution < 1.29 is 9.59 Å². The quantitative estimate of drug-likeness (QED) is 0.807. The maximum absolute atomic E-state index is 12.3. The Morgan fingerprint density at radius 2 is 1.68 bits per heavy atom. The molecule has 0 aliphatic carbocycles. The SMILES string of the molecule is CC(CN)CNC(=O)C1CCN(C(=O)N2CCCC2)CC1.Cl. The van der Waals surface area contributed by atoms with Crippen molar-refractivity contribution in [1.82, 2.24) is 15.1 Å². The Bertz CT molecular complexity index is 367. The highest BCUT2D eigenvalue weighted by molar-refractivity contribution is 5.85. The van der Waals surface area contributed by atoms with Gasteiger partial charge in [-0.3, -0.25) is 4.79 Å². The number of nitrogens with zero attached hydrogens (tertiary/aromatic N) is 2. The van der Waals surface area contributed by atoms with E-state index in [1.807, 2.05) is 16.7 Å². The van der Waals surface area contributed by atoms with Crippen LogP contribution in [-0.2, 0) is 4.79 Å². The summed E-state index contributed by atoms with van der Waals surface area (Å²) in [6.07, 6.45) is 3.76. The average molecular weight is 333 g/mol. The topological polar surface area (TPSA) is 78.7 Å². The Hall–Kier alpha value is -1.01. The molecule has 2 fully saturated rings. The maximum Gasteiger partial charge on any atom is 0.319 e. The van der Waals surface area contributed by atoms with Crippen molar-refractivity contribution in [3.8, 4) is 0 Å². The van der Waals surface area contributed by atoms with Crippen molar-refractivity contribution in [3.63, 3.8) is 0 Å². The van der Waals surface area contributed by atoms with Gasteiger partial charge in [0.2, 0.25) is 5.91 Å². The van der Waals surface area contributed by atoms with E-state index >= 15 is 0 Å². The van der Waals surface area contributed by atoms with E-state index in [0.717, 1.165) is 38.8 Å². The third-order valence-electron chi connectivity index (χ3n) is 4.54. The Morgan fingerprint density at radius 1 is 1.14 bits per heavy atom. The van der Waals surface area contributed by atoms with Gasteiger partial charge in [-0.1, -0.05) is 6.92 Å². The van der Waals surface area contributed by atoms with Crippen molar-refractivity contribution in [3.05, 3.63) is 0 Å². The number of rotatable bonds is 4. The van der Waals surface area contributed by atoms with Crippen LogP contribution in [0.25, 0.3) is 0 Å². The normalized spacial score (nSPS) is 20.5. The third kappa shape index (κ3) is 5.02. The van der Waals surface area contributed by atoms with Crippen LogP contribution >= 0.6 is 12.4 Å². The molecule has 0 saturated carbocycles. The molecule has 0 aromatic carbocycles. The van der Waals surface area contributed by atoms with E-state index < -0.39 is 0 Å². The number of carbonyl (C=O) groups excluding carboxylic acids is 2. The first kappa shape index (κ1) is 19.0. The number of amides is 3. The fourth-order valence-electron chi connectivity index (χ4n) is 2.94. The highest BCUT2D eigenvalue weighted by Gasteiger charge is 2.30. The second kappa shape index (κ2) is 9.20. The van der Waals surface area contributed by atoms with Crippen LogP contribution in [0, 0.1) is 11.8 Å². The Balaban J connectivity index is 0.00000242. The highest BCUT2D eigenvalue weighted by Crippen LogP contribution is 2.20. The third-order valence-corrected chi connectivity index (χ3v) is 4.54. The van der Waals surface area contributed by atoms with Crippen LogP contribution in [0.3, 0.4) is 0 Å². The first-order valence-corrected chi connectivity index (χ1v) is 8.13. The molecule has 0 radical (unpaired) electrons. The summed E-state index contributed by atoms with van der Waals surface area (Å²) in [5.41, 5.74) is 5.55. The van der Waals surface area contributed by atoms with Gasteiger partial charge in [-0.15, -0.1) is 12.4 Å². The number of nitrogens with two attached hydrogens (primary N) is 1. The maximum atomic E-state index is 12.3. The van der Waals surface area contributed by atoms with E-state index in [2.05, 4.69) is 5.32 Å². The van der Waals surface area contributed by atoms with Crippen molar-refractivity contribution in [2.75, 3.05) is 39.3 Å². The molecule has 128 valence electrons. The molecule has 1 unspecified atom stereocenters. The van der Waals surface area contributed by atoms with Gasteiger partial charge < -0.3 is 20.9 Å². The number of halogens is 1. The van der Waals surface area contributed by atoms with Crippen molar-refractivity contribution in [2.45, 2.75) is 32.6 Å². The zero-order valence-corrected chi connectivity index (χ0v) is 14.2. The van der Waals surface area contributed by atoms with E-state index in [-0.39, 0.29) is 30.3 Å². The van der Waals surface area contributed by atoms with E-state index in [1.165, 1.54) is 0 Å². The van der Waals surface area contributed by atoms with Gasteiger partial charge in [0, 0.05) is 38.6 Å². The summed E-state index contributed by atoms with van der Waals surface area (Å²) in [4.78, 5) is 28.2. The number of nitrogens with one attached hydrogen (secondary N) is 1. The number of hydrogen-bond donors (Lipinski definition) is 2. The molecule has 3 amide bonds. The summed E-state index contributed by atoms with van der Waals surface area (Å²) in [6, 6.07) is 0.156. The standard InChI is InChI=1S/C15H28N4O2.ClH/c1-12(10-16)11-17-14(20)13-4-8-19(9-5-13)15(21)18-6-2-3-7-18;/h12-13H,2-11,16H2,1H3,(H,17,20);1H. The van der Waals surface area contributed by atoms with Crippen LogP contribution < -0.4 is 11.1 Å². The average Bonchev–Trinajstić information content (AvgIpc) is 3.06. The Labute approximate surface area is 139 Å². The molecule has 2 aliphatic heterocycles. The van der Waals surface area contributed by atoms with Gasteiger partial charge in [-0.05, 0) is 38.1 Å². The van der Waals surface area contributed by atoms with Crippen LogP contribution in [0.4, 0.5) is 4.79 Å². The van der Waals surface area contributed by atoms with E-state index in [1.54, 1.807) is 0 Å². The predicted octanol–water partition coefficient (Wildman–Crippen LogP) is 1.05. The monoisotopic (exact) mass is 332 g/mol. The fraction of sp³-hybridized carbons (Fsp3) is 0.867. The Morgan fingerprint density at radius 3 is 2.23 bits per heavy atom. The summed E-state index contributed by atoms with van der Waals surface area (Å²) in [5.74, 6) is 0.465.